The maximum absolute atomic E-state index is 4.56. The summed E-state index contributed by atoms with van der Waals surface area (Å²) in [5, 5.41) is 7.95. The lowest BCUT2D eigenvalue weighted by Crippen LogP contribution is -2.12. The predicted molar refractivity (Wildman–Crippen MR) is 80.0 cm³/mol. The molecule has 1 heterocycles. The van der Waals surface area contributed by atoms with Gasteiger partial charge in [-0.3, -0.25) is 4.68 Å². The summed E-state index contributed by atoms with van der Waals surface area (Å²) >= 11 is 0. The first kappa shape index (κ1) is 13.8. The minimum Gasteiger partial charge on any atom is -0.313 e. The minimum absolute atomic E-state index is 0.882. The Labute approximate surface area is 115 Å². The van der Waals surface area contributed by atoms with Gasteiger partial charge in [-0.2, -0.15) is 5.10 Å². The van der Waals surface area contributed by atoms with Gasteiger partial charge in [0.25, 0.3) is 0 Å². The van der Waals surface area contributed by atoms with E-state index in [-0.39, 0.29) is 0 Å². The molecule has 0 unspecified atom stereocenters. The highest BCUT2D eigenvalue weighted by molar-refractivity contribution is 5.63. The molecular weight excluding hydrogens is 234 g/mol. The summed E-state index contributed by atoms with van der Waals surface area (Å²) in [5.74, 6) is 0. The molecule has 0 aliphatic carbocycles. The van der Waals surface area contributed by atoms with Crippen molar-refractivity contribution in [1.29, 1.82) is 0 Å². The van der Waals surface area contributed by atoms with Gasteiger partial charge in [0.15, 0.2) is 0 Å². The summed E-state index contributed by atoms with van der Waals surface area (Å²) < 4.78 is 2.14. The summed E-state index contributed by atoms with van der Waals surface area (Å²) in [6, 6.07) is 10.6. The second kappa shape index (κ2) is 7.10. The van der Waals surface area contributed by atoms with Gasteiger partial charge in [0.1, 0.15) is 0 Å². The smallest absolute Gasteiger partial charge is 0.0727 e. The Morgan fingerprint density at radius 2 is 1.95 bits per heavy atom. The van der Waals surface area contributed by atoms with Crippen molar-refractivity contribution in [3.63, 3.8) is 0 Å². The summed E-state index contributed by atoms with van der Waals surface area (Å²) in [5.41, 5.74) is 3.79. The van der Waals surface area contributed by atoms with Crippen LogP contribution in [0.4, 0.5) is 0 Å². The van der Waals surface area contributed by atoms with Crippen LogP contribution in [0, 0.1) is 0 Å². The largest absolute Gasteiger partial charge is 0.313 e. The van der Waals surface area contributed by atoms with Crippen LogP contribution in [0.2, 0.25) is 0 Å². The van der Waals surface area contributed by atoms with Crippen LogP contribution in [-0.2, 0) is 13.1 Å². The summed E-state index contributed by atoms with van der Waals surface area (Å²) in [6.45, 7) is 7.20. The van der Waals surface area contributed by atoms with Crippen molar-refractivity contribution in [3.8, 4) is 11.3 Å². The number of benzene rings is 1. The van der Waals surface area contributed by atoms with Crippen molar-refractivity contribution < 1.29 is 0 Å². The minimum atomic E-state index is 0.882. The third kappa shape index (κ3) is 3.44. The Kier molecular flexibility index (Phi) is 5.16. The van der Waals surface area contributed by atoms with E-state index in [1.165, 1.54) is 29.7 Å². The lowest BCUT2D eigenvalue weighted by Gasteiger charge is -2.10. The highest BCUT2D eigenvalue weighted by atomic mass is 15.3. The number of aromatic nitrogens is 2. The van der Waals surface area contributed by atoms with Gasteiger partial charge >= 0.3 is 0 Å². The molecule has 19 heavy (non-hydrogen) atoms. The van der Waals surface area contributed by atoms with Crippen LogP contribution >= 0.6 is 0 Å². The molecule has 2 rings (SSSR count). The molecule has 1 aromatic heterocycles. The van der Waals surface area contributed by atoms with Crippen LogP contribution in [0.3, 0.4) is 0 Å². The Balaban J connectivity index is 2.32. The zero-order chi connectivity index (χ0) is 13.5. The van der Waals surface area contributed by atoms with Gasteiger partial charge in [-0.25, -0.2) is 0 Å². The van der Waals surface area contributed by atoms with Crippen molar-refractivity contribution in [2.45, 2.75) is 39.8 Å². The second-order valence-corrected chi connectivity index (χ2v) is 4.74. The maximum atomic E-state index is 4.56. The Morgan fingerprint density at radius 3 is 2.63 bits per heavy atom. The van der Waals surface area contributed by atoms with E-state index >= 15 is 0 Å². The molecule has 0 amide bonds. The quantitative estimate of drug-likeness (QED) is 0.823. The maximum Gasteiger partial charge on any atom is 0.0727 e. The highest BCUT2D eigenvalue weighted by Gasteiger charge is 2.11. The summed E-state index contributed by atoms with van der Waals surface area (Å²) in [7, 11) is 0. The fraction of sp³-hybridized carbons (Fsp3) is 0.438. The van der Waals surface area contributed by atoms with Crippen molar-refractivity contribution in [2.75, 3.05) is 6.54 Å². The number of unbranched alkanes of at least 4 members (excludes halogenated alkanes) is 1. The fourth-order valence-electron chi connectivity index (χ4n) is 2.22. The number of hydrogen-bond donors (Lipinski definition) is 1. The van der Waals surface area contributed by atoms with E-state index in [2.05, 4.69) is 59.3 Å². The third-order valence-electron chi connectivity index (χ3n) is 3.25. The number of rotatable bonds is 7. The standard InChI is InChI=1S/C16H23N3/c1-3-5-11-19-16(14-9-7-6-8-10-14)15(13-18-19)12-17-4-2/h6-10,13,17H,3-5,11-12H2,1-2H3. The zero-order valence-corrected chi connectivity index (χ0v) is 11.9. The van der Waals surface area contributed by atoms with Gasteiger partial charge in [0.05, 0.1) is 11.9 Å². The normalized spacial score (nSPS) is 10.8. The van der Waals surface area contributed by atoms with Crippen molar-refractivity contribution in [3.05, 3.63) is 42.1 Å². The molecule has 3 heteroatoms. The summed E-state index contributed by atoms with van der Waals surface area (Å²) in [6.07, 6.45) is 4.36. The van der Waals surface area contributed by atoms with Gasteiger partial charge in [0, 0.05) is 24.2 Å². The van der Waals surface area contributed by atoms with Crippen molar-refractivity contribution in [1.82, 2.24) is 15.1 Å². The zero-order valence-electron chi connectivity index (χ0n) is 11.9. The summed E-state index contributed by atoms with van der Waals surface area (Å²) in [4.78, 5) is 0. The first-order chi connectivity index (χ1) is 9.36. The molecule has 0 fully saturated rings. The molecule has 102 valence electrons. The van der Waals surface area contributed by atoms with E-state index in [9.17, 15) is 0 Å². The fourth-order valence-corrected chi connectivity index (χ4v) is 2.22. The molecule has 0 saturated carbocycles. The molecule has 0 atom stereocenters. The molecule has 2 aromatic rings. The molecule has 0 spiro atoms. The van der Waals surface area contributed by atoms with Crippen LogP contribution in [0.15, 0.2) is 36.5 Å². The molecule has 0 saturated heterocycles. The first-order valence-corrected chi connectivity index (χ1v) is 7.17. The number of nitrogens with zero attached hydrogens (tertiary/aromatic N) is 2. The average Bonchev–Trinajstić information content (AvgIpc) is 2.86. The lowest BCUT2D eigenvalue weighted by molar-refractivity contribution is 0.576. The van der Waals surface area contributed by atoms with E-state index < -0.39 is 0 Å². The monoisotopic (exact) mass is 257 g/mol. The first-order valence-electron chi connectivity index (χ1n) is 7.17. The predicted octanol–water partition coefficient (Wildman–Crippen LogP) is 3.46. The van der Waals surface area contributed by atoms with E-state index in [1.54, 1.807) is 0 Å². The van der Waals surface area contributed by atoms with Crippen molar-refractivity contribution >= 4 is 0 Å². The number of nitrogens with one attached hydrogen (secondary N) is 1. The van der Waals surface area contributed by atoms with Crippen molar-refractivity contribution in [2.24, 2.45) is 0 Å². The lowest BCUT2D eigenvalue weighted by atomic mass is 10.1. The average molecular weight is 257 g/mol. The molecule has 0 bridgehead atoms. The van der Waals surface area contributed by atoms with E-state index in [0.29, 0.717) is 0 Å². The molecular formula is C16H23N3. The van der Waals surface area contributed by atoms with Crippen LogP contribution in [-0.4, -0.2) is 16.3 Å². The topological polar surface area (TPSA) is 29.9 Å². The van der Waals surface area contributed by atoms with Crippen LogP contribution in [0.1, 0.15) is 32.3 Å². The third-order valence-corrected chi connectivity index (χ3v) is 3.25. The van der Waals surface area contributed by atoms with Gasteiger partial charge in [-0.1, -0.05) is 50.6 Å². The molecule has 0 aliphatic heterocycles. The Hall–Kier alpha value is -1.61. The highest BCUT2D eigenvalue weighted by Crippen LogP contribution is 2.24. The van der Waals surface area contributed by atoms with E-state index in [4.69, 9.17) is 0 Å². The molecule has 0 aliphatic rings. The van der Waals surface area contributed by atoms with E-state index in [1.807, 2.05) is 6.20 Å². The molecule has 0 radical (unpaired) electrons. The number of hydrogen-bond acceptors (Lipinski definition) is 2. The van der Waals surface area contributed by atoms with Crippen LogP contribution in [0.5, 0.6) is 0 Å². The van der Waals surface area contributed by atoms with Gasteiger partial charge in [-0.15, -0.1) is 0 Å². The van der Waals surface area contributed by atoms with Crippen LogP contribution < -0.4 is 5.32 Å². The molecule has 1 N–H and O–H groups in total. The Morgan fingerprint density at radius 1 is 1.16 bits per heavy atom. The van der Waals surface area contributed by atoms with Gasteiger partial charge in [-0.05, 0) is 13.0 Å². The second-order valence-electron chi connectivity index (χ2n) is 4.74. The van der Waals surface area contributed by atoms with Crippen LogP contribution in [0.25, 0.3) is 11.3 Å². The Bertz CT molecular complexity index is 462. The van der Waals surface area contributed by atoms with Gasteiger partial charge < -0.3 is 5.32 Å². The van der Waals surface area contributed by atoms with Gasteiger partial charge in [0.2, 0.25) is 0 Å². The van der Waals surface area contributed by atoms with E-state index in [0.717, 1.165) is 19.6 Å². The number of aryl methyl sites for hydroxylation is 1. The SMILES string of the molecule is CCCCn1ncc(CNCC)c1-c1ccccc1. The molecule has 1 aromatic carbocycles. The molecule has 3 nitrogen and oxygen atoms in total.